The Labute approximate surface area is 110 Å². The minimum absolute atomic E-state index is 0.772. The van der Waals surface area contributed by atoms with Gasteiger partial charge in [-0.25, -0.2) is 0 Å². The zero-order valence-electron chi connectivity index (χ0n) is 11.3. The summed E-state index contributed by atoms with van der Waals surface area (Å²) in [5.41, 5.74) is 2.27. The maximum atomic E-state index is 5.47. The van der Waals surface area contributed by atoms with Crippen LogP contribution in [0.3, 0.4) is 0 Å². The highest BCUT2D eigenvalue weighted by molar-refractivity contribution is 5.60. The molecular formula is C15H22N2O. The minimum atomic E-state index is 0.772. The molecule has 0 aromatic heterocycles. The standard InChI is InChI=1S/C15H22N2O/c1-5-9-17(10-6-2)14-8-7-13(12-16-3)11-15(14)18-4/h5-8,11,16H,1-2,9-10,12H2,3-4H3. The van der Waals surface area contributed by atoms with Crippen molar-refractivity contribution in [3.05, 3.63) is 49.1 Å². The molecule has 0 amide bonds. The minimum Gasteiger partial charge on any atom is -0.495 e. The van der Waals surface area contributed by atoms with Crippen LogP contribution in [-0.4, -0.2) is 27.2 Å². The lowest BCUT2D eigenvalue weighted by Crippen LogP contribution is -2.23. The average molecular weight is 246 g/mol. The number of methoxy groups -OCH3 is 1. The highest BCUT2D eigenvalue weighted by Crippen LogP contribution is 2.29. The van der Waals surface area contributed by atoms with E-state index in [-0.39, 0.29) is 0 Å². The van der Waals surface area contributed by atoms with Gasteiger partial charge in [0.15, 0.2) is 0 Å². The molecule has 0 fully saturated rings. The first kappa shape index (κ1) is 14.3. The van der Waals surface area contributed by atoms with Crippen LogP contribution in [-0.2, 0) is 6.54 Å². The third-order valence-corrected chi connectivity index (χ3v) is 2.66. The van der Waals surface area contributed by atoms with E-state index in [0.717, 1.165) is 31.1 Å². The number of hydrogen-bond donors (Lipinski definition) is 1. The van der Waals surface area contributed by atoms with Gasteiger partial charge in [0.25, 0.3) is 0 Å². The molecule has 0 atom stereocenters. The van der Waals surface area contributed by atoms with Gasteiger partial charge in [0.2, 0.25) is 0 Å². The van der Waals surface area contributed by atoms with Crippen LogP contribution in [0.2, 0.25) is 0 Å². The number of hydrogen-bond acceptors (Lipinski definition) is 3. The first-order valence-corrected chi connectivity index (χ1v) is 6.05. The average Bonchev–Trinajstić information content (AvgIpc) is 2.39. The molecule has 0 spiro atoms. The van der Waals surface area contributed by atoms with Crippen LogP contribution in [0.1, 0.15) is 5.56 Å². The summed E-state index contributed by atoms with van der Waals surface area (Å²) >= 11 is 0. The molecule has 3 nitrogen and oxygen atoms in total. The lowest BCUT2D eigenvalue weighted by atomic mass is 10.1. The quantitative estimate of drug-likeness (QED) is 0.714. The van der Waals surface area contributed by atoms with Crippen LogP contribution in [0.25, 0.3) is 0 Å². The Balaban J connectivity index is 3.04. The Morgan fingerprint density at radius 2 is 1.94 bits per heavy atom. The van der Waals surface area contributed by atoms with Crippen LogP contribution in [0, 0.1) is 0 Å². The zero-order valence-corrected chi connectivity index (χ0v) is 11.3. The Morgan fingerprint density at radius 1 is 1.28 bits per heavy atom. The number of rotatable bonds is 8. The van der Waals surface area contributed by atoms with Crippen LogP contribution >= 0.6 is 0 Å². The van der Waals surface area contributed by atoms with Crippen molar-refractivity contribution in [3.8, 4) is 5.75 Å². The van der Waals surface area contributed by atoms with E-state index in [0.29, 0.717) is 0 Å². The number of ether oxygens (including phenoxy) is 1. The van der Waals surface area contributed by atoms with Crippen LogP contribution in [0.4, 0.5) is 5.69 Å². The molecule has 0 aliphatic heterocycles. The summed E-state index contributed by atoms with van der Waals surface area (Å²) < 4.78 is 5.47. The van der Waals surface area contributed by atoms with Gasteiger partial charge in [-0.15, -0.1) is 13.2 Å². The molecule has 18 heavy (non-hydrogen) atoms. The van der Waals surface area contributed by atoms with Gasteiger partial charge < -0.3 is 15.0 Å². The molecule has 0 saturated heterocycles. The Morgan fingerprint density at radius 3 is 2.44 bits per heavy atom. The first-order valence-electron chi connectivity index (χ1n) is 6.05. The molecule has 0 saturated carbocycles. The van der Waals surface area contributed by atoms with E-state index in [1.54, 1.807) is 7.11 Å². The number of nitrogens with one attached hydrogen (secondary N) is 1. The first-order chi connectivity index (χ1) is 8.76. The fourth-order valence-corrected chi connectivity index (χ4v) is 1.88. The lowest BCUT2D eigenvalue weighted by Gasteiger charge is -2.24. The molecule has 0 aliphatic carbocycles. The van der Waals surface area contributed by atoms with Crippen molar-refractivity contribution in [2.75, 3.05) is 32.1 Å². The van der Waals surface area contributed by atoms with E-state index < -0.39 is 0 Å². The van der Waals surface area contributed by atoms with Gasteiger partial charge in [0.05, 0.1) is 12.8 Å². The molecule has 1 rings (SSSR count). The molecule has 0 unspecified atom stereocenters. The third-order valence-electron chi connectivity index (χ3n) is 2.66. The van der Waals surface area contributed by atoms with E-state index >= 15 is 0 Å². The third kappa shape index (κ3) is 3.64. The number of anilines is 1. The van der Waals surface area contributed by atoms with Gasteiger partial charge in [-0.2, -0.15) is 0 Å². The topological polar surface area (TPSA) is 24.5 Å². The fraction of sp³-hybridized carbons (Fsp3) is 0.333. The van der Waals surface area contributed by atoms with E-state index in [4.69, 9.17) is 4.74 Å². The van der Waals surface area contributed by atoms with Crippen molar-refractivity contribution in [1.29, 1.82) is 0 Å². The van der Waals surface area contributed by atoms with Crippen LogP contribution < -0.4 is 15.0 Å². The molecule has 1 aromatic rings. The van der Waals surface area contributed by atoms with E-state index in [1.165, 1.54) is 5.56 Å². The lowest BCUT2D eigenvalue weighted by molar-refractivity contribution is 0.414. The molecule has 0 aliphatic rings. The predicted molar refractivity (Wildman–Crippen MR) is 78.4 cm³/mol. The second-order valence-electron chi connectivity index (χ2n) is 4.02. The molecule has 1 N–H and O–H groups in total. The van der Waals surface area contributed by atoms with Crippen molar-refractivity contribution in [3.63, 3.8) is 0 Å². The Kier molecular flexibility index (Phi) is 6.01. The van der Waals surface area contributed by atoms with Gasteiger partial charge in [-0.3, -0.25) is 0 Å². The van der Waals surface area contributed by atoms with Gasteiger partial charge in [-0.05, 0) is 24.7 Å². The van der Waals surface area contributed by atoms with E-state index in [1.807, 2.05) is 19.2 Å². The molecule has 0 heterocycles. The highest BCUT2D eigenvalue weighted by atomic mass is 16.5. The van der Waals surface area contributed by atoms with Crippen molar-refractivity contribution in [2.45, 2.75) is 6.54 Å². The van der Waals surface area contributed by atoms with Crippen molar-refractivity contribution >= 4 is 5.69 Å². The highest BCUT2D eigenvalue weighted by Gasteiger charge is 2.10. The summed E-state index contributed by atoms with van der Waals surface area (Å²) in [5, 5.41) is 3.13. The van der Waals surface area contributed by atoms with Crippen molar-refractivity contribution < 1.29 is 4.74 Å². The summed E-state index contributed by atoms with van der Waals surface area (Å²) in [6.07, 6.45) is 3.76. The SMILES string of the molecule is C=CCN(CC=C)c1ccc(CNC)cc1OC. The molecule has 98 valence electrons. The fourth-order valence-electron chi connectivity index (χ4n) is 1.88. The summed E-state index contributed by atoms with van der Waals surface area (Å²) in [5.74, 6) is 0.881. The Hall–Kier alpha value is -1.74. The summed E-state index contributed by atoms with van der Waals surface area (Å²) in [6, 6.07) is 6.25. The monoisotopic (exact) mass is 246 g/mol. The number of nitrogens with zero attached hydrogens (tertiary/aromatic N) is 1. The van der Waals surface area contributed by atoms with Crippen molar-refractivity contribution in [2.24, 2.45) is 0 Å². The van der Waals surface area contributed by atoms with Gasteiger partial charge in [0.1, 0.15) is 5.75 Å². The van der Waals surface area contributed by atoms with Crippen molar-refractivity contribution in [1.82, 2.24) is 5.32 Å². The maximum Gasteiger partial charge on any atom is 0.142 e. The van der Waals surface area contributed by atoms with E-state index in [9.17, 15) is 0 Å². The Bertz CT molecular complexity index is 391. The largest absolute Gasteiger partial charge is 0.495 e. The number of benzene rings is 1. The predicted octanol–water partition coefficient (Wildman–Crippen LogP) is 2.59. The molecule has 0 radical (unpaired) electrons. The molecule has 3 heteroatoms. The summed E-state index contributed by atoms with van der Waals surface area (Å²) in [4.78, 5) is 2.17. The van der Waals surface area contributed by atoms with Gasteiger partial charge in [0, 0.05) is 19.6 Å². The second kappa shape index (κ2) is 7.56. The smallest absolute Gasteiger partial charge is 0.142 e. The molecular weight excluding hydrogens is 224 g/mol. The van der Waals surface area contributed by atoms with Gasteiger partial charge >= 0.3 is 0 Å². The molecule has 0 bridgehead atoms. The van der Waals surface area contributed by atoms with Crippen LogP contribution in [0.15, 0.2) is 43.5 Å². The molecule has 1 aromatic carbocycles. The second-order valence-corrected chi connectivity index (χ2v) is 4.02. The zero-order chi connectivity index (χ0) is 13.4. The van der Waals surface area contributed by atoms with Gasteiger partial charge in [-0.1, -0.05) is 18.2 Å². The van der Waals surface area contributed by atoms with Crippen LogP contribution in [0.5, 0.6) is 5.75 Å². The maximum absolute atomic E-state index is 5.47. The summed E-state index contributed by atoms with van der Waals surface area (Å²) in [7, 11) is 3.63. The summed E-state index contributed by atoms with van der Waals surface area (Å²) in [6.45, 7) is 9.94. The normalized spacial score (nSPS) is 9.89. The van der Waals surface area contributed by atoms with E-state index in [2.05, 4.69) is 41.6 Å².